The fourth-order valence-corrected chi connectivity index (χ4v) is 1.88. The molecule has 0 saturated heterocycles. The Balaban J connectivity index is 1.88. The lowest BCUT2D eigenvalue weighted by Crippen LogP contribution is -2.14. The van der Waals surface area contributed by atoms with Gasteiger partial charge in [0.25, 0.3) is 0 Å². The lowest BCUT2D eigenvalue weighted by atomic mass is 10.1. The topological polar surface area (TPSA) is 72.9 Å². The van der Waals surface area contributed by atoms with E-state index in [2.05, 4.69) is 10.4 Å². The summed E-state index contributed by atoms with van der Waals surface area (Å²) in [5.74, 6) is 0.708. The summed E-state index contributed by atoms with van der Waals surface area (Å²) in [5.41, 5.74) is 8.34. The van der Waals surface area contributed by atoms with Crippen LogP contribution in [0.3, 0.4) is 0 Å². The molecule has 2 aromatic rings. The van der Waals surface area contributed by atoms with E-state index in [1.165, 1.54) is 0 Å². The Hall–Kier alpha value is -2.30. The number of benzene rings is 1. The number of hydrogen-bond acceptors (Lipinski definition) is 3. The molecule has 1 amide bonds. The number of amides is 1. The van der Waals surface area contributed by atoms with Gasteiger partial charge in [-0.15, -0.1) is 0 Å². The summed E-state index contributed by atoms with van der Waals surface area (Å²) in [5, 5.41) is 7.03. The summed E-state index contributed by atoms with van der Waals surface area (Å²) < 4.78 is 1.66. The van der Waals surface area contributed by atoms with Crippen LogP contribution in [0.2, 0.25) is 0 Å². The molecule has 3 N–H and O–H groups in total. The van der Waals surface area contributed by atoms with Gasteiger partial charge < -0.3 is 11.1 Å². The molecular formula is C14H18N4O. The highest BCUT2D eigenvalue weighted by atomic mass is 16.1. The fourth-order valence-electron chi connectivity index (χ4n) is 1.88. The lowest BCUT2D eigenvalue weighted by molar-refractivity contribution is -0.116. The molecule has 0 fully saturated rings. The summed E-state index contributed by atoms with van der Waals surface area (Å²) in [7, 11) is 1.81. The Labute approximate surface area is 112 Å². The average molecular weight is 258 g/mol. The summed E-state index contributed by atoms with van der Waals surface area (Å²) in [6.45, 7) is 1.89. The first-order valence-electron chi connectivity index (χ1n) is 6.19. The van der Waals surface area contributed by atoms with Crippen molar-refractivity contribution in [2.75, 3.05) is 11.1 Å². The Morgan fingerprint density at radius 1 is 1.37 bits per heavy atom. The molecule has 0 saturated carbocycles. The van der Waals surface area contributed by atoms with Crippen molar-refractivity contribution in [1.82, 2.24) is 9.78 Å². The van der Waals surface area contributed by atoms with Crippen molar-refractivity contribution in [3.63, 3.8) is 0 Å². The first-order valence-corrected chi connectivity index (χ1v) is 6.19. The minimum Gasteiger partial charge on any atom is -0.399 e. The number of carbonyl (C=O) groups is 1. The van der Waals surface area contributed by atoms with Crippen LogP contribution < -0.4 is 11.1 Å². The van der Waals surface area contributed by atoms with Crippen LogP contribution >= 0.6 is 0 Å². The Kier molecular flexibility index (Phi) is 3.85. The maximum absolute atomic E-state index is 11.8. The van der Waals surface area contributed by atoms with Crippen LogP contribution in [-0.2, 0) is 18.3 Å². The molecule has 19 heavy (non-hydrogen) atoms. The standard InChI is InChI=1S/C14H18N4O/c1-10-9-13(18(2)17-10)16-14(19)8-5-11-3-6-12(15)7-4-11/h3-4,6-7,9H,5,8,15H2,1-2H3,(H,16,19). The van der Waals surface area contributed by atoms with E-state index in [0.717, 1.165) is 22.8 Å². The molecule has 0 aliphatic heterocycles. The van der Waals surface area contributed by atoms with Gasteiger partial charge in [-0.2, -0.15) is 5.10 Å². The third kappa shape index (κ3) is 3.58. The van der Waals surface area contributed by atoms with Crippen molar-refractivity contribution in [3.8, 4) is 0 Å². The predicted octanol–water partition coefficient (Wildman–Crippen LogP) is 1.88. The number of aryl methyl sites for hydroxylation is 3. The number of hydrogen-bond donors (Lipinski definition) is 2. The number of anilines is 2. The molecule has 0 radical (unpaired) electrons. The molecule has 5 nitrogen and oxygen atoms in total. The maximum Gasteiger partial charge on any atom is 0.225 e. The van der Waals surface area contributed by atoms with E-state index in [4.69, 9.17) is 5.73 Å². The minimum atomic E-state index is -0.0141. The van der Waals surface area contributed by atoms with Gasteiger partial charge in [0.15, 0.2) is 0 Å². The molecule has 1 aromatic heterocycles. The van der Waals surface area contributed by atoms with Crippen LogP contribution in [0.4, 0.5) is 11.5 Å². The molecule has 5 heteroatoms. The van der Waals surface area contributed by atoms with Gasteiger partial charge in [-0.05, 0) is 31.0 Å². The van der Waals surface area contributed by atoms with Crippen LogP contribution in [0, 0.1) is 6.92 Å². The van der Waals surface area contributed by atoms with Gasteiger partial charge in [0, 0.05) is 25.2 Å². The van der Waals surface area contributed by atoms with E-state index >= 15 is 0 Å². The summed E-state index contributed by atoms with van der Waals surface area (Å²) in [4.78, 5) is 11.8. The van der Waals surface area contributed by atoms with E-state index in [-0.39, 0.29) is 5.91 Å². The third-order valence-corrected chi connectivity index (χ3v) is 2.89. The van der Waals surface area contributed by atoms with Gasteiger partial charge in [-0.25, -0.2) is 0 Å². The van der Waals surface area contributed by atoms with Gasteiger partial charge in [0.2, 0.25) is 5.91 Å². The largest absolute Gasteiger partial charge is 0.399 e. The van der Waals surface area contributed by atoms with Crippen LogP contribution in [0.15, 0.2) is 30.3 Å². The molecule has 0 spiro atoms. The van der Waals surface area contributed by atoms with E-state index in [0.29, 0.717) is 12.8 Å². The average Bonchev–Trinajstić information content (AvgIpc) is 2.67. The van der Waals surface area contributed by atoms with Crippen molar-refractivity contribution in [3.05, 3.63) is 41.6 Å². The van der Waals surface area contributed by atoms with Crippen molar-refractivity contribution < 1.29 is 4.79 Å². The fraction of sp³-hybridized carbons (Fsp3) is 0.286. The smallest absolute Gasteiger partial charge is 0.225 e. The summed E-state index contributed by atoms with van der Waals surface area (Å²) in [6, 6.07) is 9.42. The molecule has 0 unspecified atom stereocenters. The highest BCUT2D eigenvalue weighted by molar-refractivity contribution is 5.90. The van der Waals surface area contributed by atoms with E-state index in [1.54, 1.807) is 4.68 Å². The van der Waals surface area contributed by atoms with E-state index < -0.39 is 0 Å². The second-order valence-electron chi connectivity index (χ2n) is 4.58. The van der Waals surface area contributed by atoms with Gasteiger partial charge >= 0.3 is 0 Å². The molecular weight excluding hydrogens is 240 g/mol. The zero-order valence-corrected chi connectivity index (χ0v) is 11.2. The Bertz CT molecular complexity index is 572. The van der Waals surface area contributed by atoms with Crippen LogP contribution in [-0.4, -0.2) is 15.7 Å². The van der Waals surface area contributed by atoms with Crippen LogP contribution in [0.25, 0.3) is 0 Å². The minimum absolute atomic E-state index is 0.0141. The number of rotatable bonds is 4. The molecule has 0 bridgehead atoms. The van der Waals surface area contributed by atoms with Crippen molar-refractivity contribution in [1.29, 1.82) is 0 Å². The molecule has 0 aliphatic rings. The molecule has 1 aromatic carbocycles. The van der Waals surface area contributed by atoms with Crippen LogP contribution in [0.1, 0.15) is 17.7 Å². The number of aromatic nitrogens is 2. The van der Waals surface area contributed by atoms with Crippen LogP contribution in [0.5, 0.6) is 0 Å². The number of nitrogens with two attached hydrogens (primary N) is 1. The van der Waals surface area contributed by atoms with Gasteiger partial charge in [-0.3, -0.25) is 9.48 Å². The molecule has 0 aliphatic carbocycles. The number of nitrogens with one attached hydrogen (secondary N) is 1. The quantitative estimate of drug-likeness (QED) is 0.822. The van der Waals surface area contributed by atoms with Gasteiger partial charge in [0.1, 0.15) is 5.82 Å². The lowest BCUT2D eigenvalue weighted by Gasteiger charge is -2.05. The normalized spacial score (nSPS) is 10.4. The highest BCUT2D eigenvalue weighted by Crippen LogP contribution is 2.11. The Morgan fingerprint density at radius 3 is 2.63 bits per heavy atom. The molecule has 100 valence electrons. The summed E-state index contributed by atoms with van der Waals surface area (Å²) in [6.07, 6.45) is 1.14. The first-order chi connectivity index (χ1) is 9.04. The zero-order chi connectivity index (χ0) is 13.8. The van der Waals surface area contributed by atoms with Crippen molar-refractivity contribution in [2.45, 2.75) is 19.8 Å². The second-order valence-corrected chi connectivity index (χ2v) is 4.58. The highest BCUT2D eigenvalue weighted by Gasteiger charge is 2.07. The molecule has 0 atom stereocenters. The first kappa shape index (κ1) is 13.1. The SMILES string of the molecule is Cc1cc(NC(=O)CCc2ccc(N)cc2)n(C)n1. The molecule has 1 heterocycles. The summed E-state index contributed by atoms with van der Waals surface area (Å²) >= 11 is 0. The van der Waals surface area contributed by atoms with Crippen molar-refractivity contribution >= 4 is 17.4 Å². The van der Waals surface area contributed by atoms with Gasteiger partial charge in [-0.1, -0.05) is 12.1 Å². The monoisotopic (exact) mass is 258 g/mol. The number of nitrogen functional groups attached to an aromatic ring is 1. The maximum atomic E-state index is 11.8. The number of nitrogens with zero attached hydrogens (tertiary/aromatic N) is 2. The van der Waals surface area contributed by atoms with E-state index in [9.17, 15) is 4.79 Å². The third-order valence-electron chi connectivity index (χ3n) is 2.89. The van der Waals surface area contributed by atoms with Gasteiger partial charge in [0.05, 0.1) is 5.69 Å². The Morgan fingerprint density at radius 2 is 2.05 bits per heavy atom. The van der Waals surface area contributed by atoms with Crippen molar-refractivity contribution in [2.24, 2.45) is 7.05 Å². The second kappa shape index (κ2) is 5.56. The molecule has 2 rings (SSSR count). The van der Waals surface area contributed by atoms with E-state index in [1.807, 2.05) is 44.3 Å². The zero-order valence-electron chi connectivity index (χ0n) is 11.2. The predicted molar refractivity (Wildman–Crippen MR) is 75.8 cm³/mol. The number of carbonyl (C=O) groups excluding carboxylic acids is 1.